The maximum Gasteiger partial charge on any atom is 0.148 e. The molecule has 1 aliphatic rings. The molecule has 1 heterocycles. The molecule has 0 spiro atoms. The van der Waals surface area contributed by atoms with Crippen LogP contribution in [0.4, 0.5) is 5.82 Å². The number of alkyl halides is 1. The van der Waals surface area contributed by atoms with Crippen LogP contribution in [0.25, 0.3) is 0 Å². The maximum absolute atomic E-state index is 6.22. The number of aromatic nitrogens is 2. The van der Waals surface area contributed by atoms with E-state index in [9.17, 15) is 0 Å². The van der Waals surface area contributed by atoms with Crippen LogP contribution in [0, 0.1) is 0 Å². The predicted octanol–water partition coefficient (Wildman–Crippen LogP) is 2.44. The second kappa shape index (κ2) is 4.60. The van der Waals surface area contributed by atoms with Crippen molar-refractivity contribution in [1.82, 2.24) is 10.2 Å². The molecule has 0 saturated heterocycles. The molecule has 0 radical (unpaired) electrons. The van der Waals surface area contributed by atoms with Gasteiger partial charge in [0.15, 0.2) is 0 Å². The highest BCUT2D eigenvalue weighted by atomic mass is 35.5. The molecule has 0 aromatic carbocycles. The van der Waals surface area contributed by atoms with Crippen LogP contribution in [0.5, 0.6) is 0 Å². The topological polar surface area (TPSA) is 37.8 Å². The zero-order valence-electron chi connectivity index (χ0n) is 7.99. The highest BCUT2D eigenvalue weighted by Crippen LogP contribution is 2.25. The minimum atomic E-state index is 0.228. The fraction of sp³-hybridized carbons (Fsp3) is 0.600. The van der Waals surface area contributed by atoms with Gasteiger partial charge in [-0.15, -0.1) is 16.7 Å². The molecule has 1 aliphatic carbocycles. The lowest BCUT2D eigenvalue weighted by Crippen LogP contribution is -2.33. The first-order chi connectivity index (χ1) is 6.86. The van der Waals surface area contributed by atoms with Crippen LogP contribution in [0.1, 0.15) is 25.7 Å². The van der Waals surface area contributed by atoms with E-state index in [4.69, 9.17) is 11.6 Å². The van der Waals surface area contributed by atoms with E-state index in [2.05, 4.69) is 15.5 Å². The van der Waals surface area contributed by atoms with E-state index < -0.39 is 0 Å². The van der Waals surface area contributed by atoms with Gasteiger partial charge in [-0.3, -0.25) is 0 Å². The van der Waals surface area contributed by atoms with Gasteiger partial charge < -0.3 is 5.32 Å². The summed E-state index contributed by atoms with van der Waals surface area (Å²) in [6, 6.07) is 4.15. The molecule has 2 atom stereocenters. The van der Waals surface area contributed by atoms with Gasteiger partial charge in [-0.2, -0.15) is 5.10 Å². The highest BCUT2D eigenvalue weighted by molar-refractivity contribution is 6.21. The van der Waals surface area contributed by atoms with Gasteiger partial charge in [-0.1, -0.05) is 12.8 Å². The molecule has 3 nitrogen and oxygen atoms in total. The Balaban J connectivity index is 1.96. The van der Waals surface area contributed by atoms with Crippen LogP contribution >= 0.6 is 11.6 Å². The minimum Gasteiger partial charge on any atom is -0.364 e. The predicted molar refractivity (Wildman–Crippen MR) is 57.6 cm³/mol. The molecule has 0 bridgehead atoms. The van der Waals surface area contributed by atoms with Crippen LogP contribution in [-0.2, 0) is 0 Å². The van der Waals surface area contributed by atoms with Crippen LogP contribution in [0.15, 0.2) is 18.3 Å². The summed E-state index contributed by atoms with van der Waals surface area (Å²) in [5.74, 6) is 0.824. The normalized spacial score (nSPS) is 27.2. The molecule has 1 aromatic rings. The number of hydrogen-bond acceptors (Lipinski definition) is 3. The Morgan fingerprint density at radius 2 is 2.21 bits per heavy atom. The Morgan fingerprint density at radius 1 is 1.36 bits per heavy atom. The molecule has 2 rings (SSSR count). The molecule has 1 fully saturated rings. The van der Waals surface area contributed by atoms with Gasteiger partial charge in [0.2, 0.25) is 0 Å². The van der Waals surface area contributed by atoms with E-state index in [-0.39, 0.29) is 5.38 Å². The van der Waals surface area contributed by atoms with Gasteiger partial charge in [0.25, 0.3) is 0 Å². The molecule has 2 unspecified atom stereocenters. The third-order valence-electron chi connectivity index (χ3n) is 2.59. The molecule has 0 amide bonds. The lowest BCUT2D eigenvalue weighted by Gasteiger charge is -2.27. The van der Waals surface area contributed by atoms with Crippen molar-refractivity contribution >= 4 is 17.4 Å². The zero-order valence-corrected chi connectivity index (χ0v) is 8.74. The smallest absolute Gasteiger partial charge is 0.148 e. The SMILES string of the molecule is ClC1CCCCC1Nc1cccnn1. The monoisotopic (exact) mass is 211 g/mol. The highest BCUT2D eigenvalue weighted by Gasteiger charge is 2.22. The molecule has 1 saturated carbocycles. The van der Waals surface area contributed by atoms with Gasteiger partial charge in [-0.25, -0.2) is 0 Å². The van der Waals surface area contributed by atoms with Crippen molar-refractivity contribution in [3.05, 3.63) is 18.3 Å². The zero-order chi connectivity index (χ0) is 9.80. The van der Waals surface area contributed by atoms with Crippen molar-refractivity contribution in [2.45, 2.75) is 37.1 Å². The average molecular weight is 212 g/mol. The van der Waals surface area contributed by atoms with Crippen molar-refractivity contribution in [3.63, 3.8) is 0 Å². The number of nitrogens with one attached hydrogen (secondary N) is 1. The third kappa shape index (κ3) is 2.35. The summed E-state index contributed by atoms with van der Waals surface area (Å²) >= 11 is 6.22. The van der Waals surface area contributed by atoms with Crippen molar-refractivity contribution in [1.29, 1.82) is 0 Å². The second-order valence-electron chi connectivity index (χ2n) is 3.66. The Morgan fingerprint density at radius 3 is 2.93 bits per heavy atom. The summed E-state index contributed by atoms with van der Waals surface area (Å²) in [6.45, 7) is 0. The first kappa shape index (κ1) is 9.71. The number of hydrogen-bond donors (Lipinski definition) is 1. The van der Waals surface area contributed by atoms with Crippen molar-refractivity contribution in [2.75, 3.05) is 5.32 Å². The van der Waals surface area contributed by atoms with Gasteiger partial charge in [0.1, 0.15) is 5.82 Å². The van der Waals surface area contributed by atoms with Gasteiger partial charge in [0, 0.05) is 12.2 Å². The van der Waals surface area contributed by atoms with E-state index in [0.717, 1.165) is 18.7 Å². The molecule has 4 heteroatoms. The van der Waals surface area contributed by atoms with Gasteiger partial charge in [-0.05, 0) is 25.0 Å². The lowest BCUT2D eigenvalue weighted by atomic mass is 9.95. The fourth-order valence-corrected chi connectivity index (χ4v) is 2.16. The largest absolute Gasteiger partial charge is 0.364 e. The summed E-state index contributed by atoms with van der Waals surface area (Å²) in [4.78, 5) is 0. The van der Waals surface area contributed by atoms with E-state index in [1.165, 1.54) is 12.8 Å². The van der Waals surface area contributed by atoms with Crippen molar-refractivity contribution in [2.24, 2.45) is 0 Å². The standard InChI is InChI=1S/C10H14ClN3/c11-8-4-1-2-5-9(8)13-10-6-3-7-12-14-10/h3,6-9H,1-2,4-5H2,(H,13,14). The lowest BCUT2D eigenvalue weighted by molar-refractivity contribution is 0.468. The molecule has 76 valence electrons. The number of halogens is 1. The van der Waals surface area contributed by atoms with Crippen molar-refractivity contribution in [3.8, 4) is 0 Å². The van der Waals surface area contributed by atoms with Gasteiger partial charge >= 0.3 is 0 Å². The summed E-state index contributed by atoms with van der Waals surface area (Å²) in [5.41, 5.74) is 0. The van der Waals surface area contributed by atoms with E-state index >= 15 is 0 Å². The average Bonchev–Trinajstić information content (AvgIpc) is 2.23. The second-order valence-corrected chi connectivity index (χ2v) is 4.22. The van der Waals surface area contributed by atoms with Crippen LogP contribution in [0.3, 0.4) is 0 Å². The van der Waals surface area contributed by atoms with E-state index in [0.29, 0.717) is 6.04 Å². The van der Waals surface area contributed by atoms with Crippen LogP contribution in [0.2, 0.25) is 0 Å². The van der Waals surface area contributed by atoms with Crippen LogP contribution in [-0.4, -0.2) is 21.6 Å². The number of anilines is 1. The Labute approximate surface area is 88.9 Å². The van der Waals surface area contributed by atoms with E-state index in [1.807, 2.05) is 12.1 Å². The molecular weight excluding hydrogens is 198 g/mol. The molecule has 14 heavy (non-hydrogen) atoms. The maximum atomic E-state index is 6.22. The summed E-state index contributed by atoms with van der Waals surface area (Å²) in [5, 5.41) is 11.4. The summed E-state index contributed by atoms with van der Waals surface area (Å²) in [6.07, 6.45) is 6.39. The number of nitrogens with zero attached hydrogens (tertiary/aromatic N) is 2. The van der Waals surface area contributed by atoms with Crippen LogP contribution < -0.4 is 5.32 Å². The minimum absolute atomic E-state index is 0.228. The first-order valence-electron chi connectivity index (χ1n) is 5.04. The molecule has 0 aliphatic heterocycles. The van der Waals surface area contributed by atoms with Crippen molar-refractivity contribution < 1.29 is 0 Å². The first-order valence-corrected chi connectivity index (χ1v) is 5.48. The van der Waals surface area contributed by atoms with E-state index in [1.54, 1.807) is 6.20 Å². The molecular formula is C10H14ClN3. The molecule has 1 aromatic heterocycles. The summed E-state index contributed by atoms with van der Waals surface area (Å²) in [7, 11) is 0. The molecule has 1 N–H and O–H groups in total. The Kier molecular flexibility index (Phi) is 3.19. The Hall–Kier alpha value is -0.830. The third-order valence-corrected chi connectivity index (χ3v) is 3.11. The Bertz CT molecular complexity index is 278. The number of rotatable bonds is 2. The quantitative estimate of drug-likeness (QED) is 0.764. The summed E-state index contributed by atoms with van der Waals surface area (Å²) < 4.78 is 0. The fourth-order valence-electron chi connectivity index (χ4n) is 1.82. The van der Waals surface area contributed by atoms with Gasteiger partial charge in [0.05, 0.1) is 5.38 Å².